The molecular formula is C14H18N2O. The van der Waals surface area contributed by atoms with Crippen molar-refractivity contribution in [1.82, 2.24) is 4.57 Å². The lowest BCUT2D eigenvalue weighted by atomic mass is 10.0. The van der Waals surface area contributed by atoms with Crippen molar-refractivity contribution >= 4 is 16.6 Å². The molecule has 0 amide bonds. The van der Waals surface area contributed by atoms with Crippen LogP contribution in [0.4, 0.5) is 5.69 Å². The highest BCUT2D eigenvalue weighted by molar-refractivity contribution is 5.86. The van der Waals surface area contributed by atoms with E-state index >= 15 is 0 Å². The van der Waals surface area contributed by atoms with E-state index in [-0.39, 0.29) is 5.56 Å². The Bertz CT molecular complexity index is 639. The van der Waals surface area contributed by atoms with E-state index in [1.807, 2.05) is 39.9 Å². The number of hydrogen-bond donors (Lipinski definition) is 0. The second kappa shape index (κ2) is 3.91. The number of aryl methyl sites for hydroxylation is 2. The summed E-state index contributed by atoms with van der Waals surface area (Å²) < 4.78 is 1.73. The summed E-state index contributed by atoms with van der Waals surface area (Å²) in [6.45, 7) is 3.89. The molecule has 0 saturated heterocycles. The molecule has 0 aliphatic rings. The Labute approximate surface area is 101 Å². The van der Waals surface area contributed by atoms with E-state index in [1.165, 1.54) is 0 Å². The van der Waals surface area contributed by atoms with Gasteiger partial charge in [0.25, 0.3) is 5.56 Å². The maximum absolute atomic E-state index is 12.0. The van der Waals surface area contributed by atoms with Gasteiger partial charge in [0.05, 0.1) is 5.52 Å². The number of benzene rings is 1. The summed E-state index contributed by atoms with van der Waals surface area (Å²) in [5, 5.41) is 1.15. The molecule has 1 aromatic heterocycles. The zero-order valence-electron chi connectivity index (χ0n) is 11.0. The van der Waals surface area contributed by atoms with Crippen molar-refractivity contribution in [3.63, 3.8) is 0 Å². The largest absolute Gasteiger partial charge is 0.378 e. The Balaban J connectivity index is 2.92. The molecule has 0 bridgehead atoms. The normalized spacial score (nSPS) is 10.9. The Morgan fingerprint density at radius 2 is 1.76 bits per heavy atom. The third kappa shape index (κ3) is 1.71. The minimum Gasteiger partial charge on any atom is -0.378 e. The lowest BCUT2D eigenvalue weighted by molar-refractivity contribution is 0.888. The van der Waals surface area contributed by atoms with Crippen LogP contribution in [0.3, 0.4) is 0 Å². The van der Waals surface area contributed by atoms with Gasteiger partial charge in [0.15, 0.2) is 0 Å². The van der Waals surface area contributed by atoms with E-state index in [2.05, 4.69) is 18.2 Å². The Morgan fingerprint density at radius 1 is 1.12 bits per heavy atom. The molecule has 3 nitrogen and oxygen atoms in total. The molecule has 0 aliphatic carbocycles. The minimum atomic E-state index is 0.0888. The van der Waals surface area contributed by atoms with E-state index in [0.29, 0.717) is 0 Å². The molecule has 1 aromatic carbocycles. The van der Waals surface area contributed by atoms with Gasteiger partial charge >= 0.3 is 0 Å². The molecule has 0 radical (unpaired) electrons. The van der Waals surface area contributed by atoms with Gasteiger partial charge in [-0.1, -0.05) is 6.07 Å². The lowest BCUT2D eigenvalue weighted by Crippen LogP contribution is -2.21. The molecular weight excluding hydrogens is 212 g/mol. The van der Waals surface area contributed by atoms with Gasteiger partial charge in [0.2, 0.25) is 0 Å². The van der Waals surface area contributed by atoms with Gasteiger partial charge in [-0.05, 0) is 31.5 Å². The number of anilines is 1. The zero-order valence-corrected chi connectivity index (χ0v) is 11.0. The van der Waals surface area contributed by atoms with Crippen molar-refractivity contribution in [3.8, 4) is 0 Å². The molecule has 2 aromatic rings. The van der Waals surface area contributed by atoms with Crippen molar-refractivity contribution in [2.24, 2.45) is 7.05 Å². The molecule has 0 aliphatic heterocycles. The van der Waals surface area contributed by atoms with E-state index in [4.69, 9.17) is 0 Å². The van der Waals surface area contributed by atoms with Crippen molar-refractivity contribution in [2.75, 3.05) is 19.0 Å². The van der Waals surface area contributed by atoms with Gasteiger partial charge < -0.3 is 9.47 Å². The van der Waals surface area contributed by atoms with Gasteiger partial charge in [-0.2, -0.15) is 0 Å². The van der Waals surface area contributed by atoms with Crippen molar-refractivity contribution in [1.29, 1.82) is 0 Å². The summed E-state index contributed by atoms with van der Waals surface area (Å²) in [6, 6.07) is 6.23. The van der Waals surface area contributed by atoms with Crippen molar-refractivity contribution in [2.45, 2.75) is 13.8 Å². The molecule has 2 rings (SSSR count). The fraction of sp³-hybridized carbons (Fsp3) is 0.357. The first kappa shape index (κ1) is 11.7. The fourth-order valence-electron chi connectivity index (χ4n) is 2.12. The van der Waals surface area contributed by atoms with Crippen LogP contribution < -0.4 is 10.5 Å². The van der Waals surface area contributed by atoms with Crippen LogP contribution >= 0.6 is 0 Å². The van der Waals surface area contributed by atoms with Gasteiger partial charge in [-0.3, -0.25) is 4.79 Å². The molecule has 0 spiro atoms. The molecule has 0 fully saturated rings. The summed E-state index contributed by atoms with van der Waals surface area (Å²) in [6.07, 6.45) is 0. The third-order valence-electron chi connectivity index (χ3n) is 3.45. The molecule has 17 heavy (non-hydrogen) atoms. The van der Waals surface area contributed by atoms with E-state index in [9.17, 15) is 4.79 Å². The molecule has 0 N–H and O–H groups in total. The Kier molecular flexibility index (Phi) is 2.69. The van der Waals surface area contributed by atoms with E-state index in [1.54, 1.807) is 4.57 Å². The van der Waals surface area contributed by atoms with E-state index < -0.39 is 0 Å². The zero-order chi connectivity index (χ0) is 12.7. The summed E-state index contributed by atoms with van der Waals surface area (Å²) in [5.41, 5.74) is 4.09. The fourth-order valence-corrected chi connectivity index (χ4v) is 2.12. The molecule has 3 heteroatoms. The maximum atomic E-state index is 12.0. The lowest BCUT2D eigenvalue weighted by Gasteiger charge is -2.16. The average Bonchev–Trinajstić information content (AvgIpc) is 2.32. The average molecular weight is 230 g/mol. The minimum absolute atomic E-state index is 0.0888. The predicted molar refractivity (Wildman–Crippen MR) is 73.0 cm³/mol. The van der Waals surface area contributed by atoms with Crippen LogP contribution in [0.5, 0.6) is 0 Å². The monoisotopic (exact) mass is 230 g/mol. The van der Waals surface area contributed by atoms with Crippen LogP contribution in [0, 0.1) is 13.8 Å². The summed E-state index contributed by atoms with van der Waals surface area (Å²) >= 11 is 0. The van der Waals surface area contributed by atoms with Crippen molar-refractivity contribution in [3.05, 3.63) is 39.7 Å². The number of nitrogens with zero attached hydrogens (tertiary/aromatic N) is 2. The van der Waals surface area contributed by atoms with Crippen LogP contribution in [-0.2, 0) is 7.05 Å². The van der Waals surface area contributed by atoms with Crippen LogP contribution in [0.2, 0.25) is 0 Å². The highest BCUT2D eigenvalue weighted by Gasteiger charge is 2.09. The SMILES string of the molecule is Cc1c(C)c2ccc(N(C)C)cc2n(C)c1=O. The van der Waals surface area contributed by atoms with Crippen LogP contribution in [-0.4, -0.2) is 18.7 Å². The van der Waals surface area contributed by atoms with Crippen LogP contribution in [0.25, 0.3) is 10.9 Å². The Hall–Kier alpha value is -1.77. The van der Waals surface area contributed by atoms with Crippen LogP contribution in [0.1, 0.15) is 11.1 Å². The second-order valence-electron chi connectivity index (χ2n) is 4.71. The number of fused-ring (bicyclic) bond motifs is 1. The summed E-state index contributed by atoms with van der Waals surface area (Å²) in [7, 11) is 5.83. The highest BCUT2D eigenvalue weighted by Crippen LogP contribution is 2.23. The molecule has 1 heterocycles. The molecule has 90 valence electrons. The smallest absolute Gasteiger partial charge is 0.253 e. The topological polar surface area (TPSA) is 25.2 Å². The quantitative estimate of drug-likeness (QED) is 0.750. The third-order valence-corrected chi connectivity index (χ3v) is 3.45. The Morgan fingerprint density at radius 3 is 2.35 bits per heavy atom. The molecule has 0 unspecified atom stereocenters. The maximum Gasteiger partial charge on any atom is 0.253 e. The number of hydrogen-bond acceptors (Lipinski definition) is 2. The van der Waals surface area contributed by atoms with Crippen LogP contribution in [0.15, 0.2) is 23.0 Å². The first-order valence-corrected chi connectivity index (χ1v) is 5.70. The first-order chi connectivity index (χ1) is 7.93. The van der Waals surface area contributed by atoms with Crippen molar-refractivity contribution < 1.29 is 0 Å². The van der Waals surface area contributed by atoms with E-state index in [0.717, 1.165) is 27.7 Å². The first-order valence-electron chi connectivity index (χ1n) is 5.70. The standard InChI is InChI=1S/C14H18N2O/c1-9-10(2)14(17)16(5)13-8-11(15(3)4)6-7-12(9)13/h6-8H,1-5H3. The summed E-state index contributed by atoms with van der Waals surface area (Å²) in [4.78, 5) is 14.1. The highest BCUT2D eigenvalue weighted by atomic mass is 16.1. The second-order valence-corrected chi connectivity index (χ2v) is 4.71. The van der Waals surface area contributed by atoms with Gasteiger partial charge in [0, 0.05) is 37.8 Å². The molecule has 0 atom stereocenters. The van der Waals surface area contributed by atoms with Gasteiger partial charge in [-0.25, -0.2) is 0 Å². The number of rotatable bonds is 1. The molecule has 0 saturated carbocycles. The van der Waals surface area contributed by atoms with Gasteiger partial charge in [-0.15, -0.1) is 0 Å². The number of pyridine rings is 1. The summed E-state index contributed by atoms with van der Waals surface area (Å²) in [5.74, 6) is 0. The van der Waals surface area contributed by atoms with Gasteiger partial charge in [0.1, 0.15) is 0 Å². The number of aromatic nitrogens is 1. The predicted octanol–water partition coefficient (Wildman–Crippen LogP) is 2.22.